The van der Waals surface area contributed by atoms with Gasteiger partial charge in [0.05, 0.1) is 11.1 Å². The molecule has 2 aromatic carbocycles. The number of nitrogens with zero attached hydrogens (tertiary/aromatic N) is 1. The van der Waals surface area contributed by atoms with Crippen LogP contribution >= 0.6 is 0 Å². The fourth-order valence-electron chi connectivity index (χ4n) is 2.67. The number of carbonyl (C=O) groups is 2. The summed E-state index contributed by atoms with van der Waals surface area (Å²) in [6.45, 7) is -1.00. The molecule has 28 heavy (non-hydrogen) atoms. The first-order chi connectivity index (χ1) is 13.3. The van der Waals surface area contributed by atoms with Crippen molar-refractivity contribution in [3.05, 3.63) is 59.7 Å². The minimum Gasteiger partial charge on any atom is -0.487 e. The molecule has 0 spiro atoms. The van der Waals surface area contributed by atoms with Crippen molar-refractivity contribution in [2.45, 2.75) is 12.3 Å². The summed E-state index contributed by atoms with van der Waals surface area (Å²) in [6, 6.07) is 12.3. The van der Waals surface area contributed by atoms with E-state index in [1.54, 1.807) is 24.3 Å². The van der Waals surface area contributed by atoms with Gasteiger partial charge in [-0.1, -0.05) is 12.1 Å². The highest BCUT2D eigenvalue weighted by Crippen LogP contribution is 2.25. The first kappa shape index (κ1) is 19.7. The van der Waals surface area contributed by atoms with Gasteiger partial charge in [-0.3, -0.25) is 14.5 Å². The molecule has 1 heterocycles. The normalized spacial score (nSPS) is 13.8. The van der Waals surface area contributed by atoms with E-state index in [-0.39, 0.29) is 30.7 Å². The van der Waals surface area contributed by atoms with Crippen LogP contribution in [0.3, 0.4) is 0 Å². The van der Waals surface area contributed by atoms with E-state index in [2.05, 4.69) is 10.1 Å². The highest BCUT2D eigenvalue weighted by molar-refractivity contribution is 6.21. The summed E-state index contributed by atoms with van der Waals surface area (Å²) in [7, 11) is 0. The van der Waals surface area contributed by atoms with Gasteiger partial charge in [0.15, 0.2) is 6.61 Å². The molecule has 0 unspecified atom stereocenters. The van der Waals surface area contributed by atoms with E-state index in [9.17, 15) is 27.2 Å². The van der Waals surface area contributed by atoms with Crippen molar-refractivity contribution in [2.75, 3.05) is 25.0 Å². The average Bonchev–Trinajstić information content (AvgIpc) is 2.92. The van der Waals surface area contributed by atoms with Crippen LogP contribution in [0.15, 0.2) is 48.5 Å². The third-order valence-corrected chi connectivity index (χ3v) is 4.15. The van der Waals surface area contributed by atoms with Crippen molar-refractivity contribution >= 4 is 17.5 Å². The summed E-state index contributed by atoms with van der Waals surface area (Å²) < 4.78 is 54.6. The second kappa shape index (κ2) is 7.87. The van der Waals surface area contributed by atoms with E-state index >= 15 is 0 Å². The van der Waals surface area contributed by atoms with Gasteiger partial charge in [-0.2, -0.15) is 8.78 Å². The fraction of sp³-hybridized carbons (Fsp3) is 0.263. The molecule has 1 N–H and O–H groups in total. The lowest BCUT2D eigenvalue weighted by atomic mass is 10.1. The van der Waals surface area contributed by atoms with Gasteiger partial charge < -0.3 is 10.1 Å². The largest absolute Gasteiger partial charge is 0.487 e. The lowest BCUT2D eigenvalue weighted by molar-refractivity contribution is -0.148. The standard InChI is InChI=1S/C19H16F4N2O3/c20-18(21)19(22,23)11-28-13-7-5-12(6-8-13)24-9-10-25-16(26)14-3-1-2-4-15(14)17(25)27/h1-8,18,24H,9-11H2. The van der Waals surface area contributed by atoms with Gasteiger partial charge in [-0.25, -0.2) is 8.78 Å². The maximum atomic E-state index is 12.8. The van der Waals surface area contributed by atoms with Gasteiger partial charge in [-0.05, 0) is 36.4 Å². The number of rotatable bonds is 8. The molecule has 1 aliphatic heterocycles. The Labute approximate surface area is 157 Å². The van der Waals surface area contributed by atoms with Crippen LogP contribution in [-0.2, 0) is 0 Å². The van der Waals surface area contributed by atoms with Gasteiger partial charge >= 0.3 is 12.3 Å². The Bertz CT molecular complexity index is 837. The Hall–Kier alpha value is -3.10. The van der Waals surface area contributed by atoms with Crippen LogP contribution in [0.4, 0.5) is 23.2 Å². The monoisotopic (exact) mass is 396 g/mol. The number of benzene rings is 2. The number of hydrogen-bond donors (Lipinski definition) is 1. The molecule has 0 aliphatic carbocycles. The molecule has 2 aromatic rings. The second-order valence-corrected chi connectivity index (χ2v) is 6.11. The first-order valence-electron chi connectivity index (χ1n) is 8.37. The maximum Gasteiger partial charge on any atom is 0.340 e. The molecule has 5 nitrogen and oxygen atoms in total. The molecule has 2 amide bonds. The number of imide groups is 1. The van der Waals surface area contributed by atoms with E-state index in [4.69, 9.17) is 0 Å². The van der Waals surface area contributed by atoms with Crippen LogP contribution in [-0.4, -0.2) is 48.8 Å². The predicted octanol–water partition coefficient (Wildman–Crippen LogP) is 3.67. The summed E-state index contributed by atoms with van der Waals surface area (Å²) in [6.07, 6.45) is -3.80. The number of alkyl halides is 4. The van der Waals surface area contributed by atoms with Crippen LogP contribution in [0, 0.1) is 0 Å². The minimum atomic E-state index is -4.22. The summed E-state index contributed by atoms with van der Waals surface area (Å²) in [4.78, 5) is 25.6. The Morgan fingerprint density at radius 3 is 2.07 bits per heavy atom. The zero-order chi connectivity index (χ0) is 20.3. The highest BCUT2D eigenvalue weighted by Gasteiger charge is 2.41. The molecule has 0 fully saturated rings. The van der Waals surface area contributed by atoms with Crippen LogP contribution in [0.1, 0.15) is 20.7 Å². The van der Waals surface area contributed by atoms with E-state index < -0.39 is 19.0 Å². The van der Waals surface area contributed by atoms with Crippen molar-refractivity contribution in [3.63, 3.8) is 0 Å². The number of amides is 2. The minimum absolute atomic E-state index is 0.0197. The second-order valence-electron chi connectivity index (χ2n) is 6.11. The van der Waals surface area contributed by atoms with Crippen molar-refractivity contribution in [2.24, 2.45) is 0 Å². The number of hydrogen-bond acceptors (Lipinski definition) is 4. The van der Waals surface area contributed by atoms with E-state index in [0.717, 1.165) is 4.90 Å². The van der Waals surface area contributed by atoms with E-state index in [1.165, 1.54) is 24.3 Å². The molecular formula is C19H16F4N2O3. The Morgan fingerprint density at radius 2 is 1.54 bits per heavy atom. The molecule has 0 saturated heterocycles. The molecule has 0 aromatic heterocycles. The van der Waals surface area contributed by atoms with Crippen LogP contribution in [0.5, 0.6) is 5.75 Å². The SMILES string of the molecule is O=C1c2ccccc2C(=O)N1CCNc1ccc(OCC(F)(F)C(F)F)cc1. The summed E-state index contributed by atoms with van der Waals surface area (Å²) in [5.74, 6) is -4.91. The molecule has 148 valence electrons. The zero-order valence-corrected chi connectivity index (χ0v) is 14.5. The Morgan fingerprint density at radius 1 is 0.964 bits per heavy atom. The van der Waals surface area contributed by atoms with E-state index in [0.29, 0.717) is 16.8 Å². The van der Waals surface area contributed by atoms with Gasteiger partial charge in [0.1, 0.15) is 5.75 Å². The molecule has 3 rings (SSSR count). The van der Waals surface area contributed by atoms with Crippen LogP contribution < -0.4 is 10.1 Å². The molecule has 0 radical (unpaired) electrons. The molecule has 0 atom stereocenters. The number of nitrogens with one attached hydrogen (secondary N) is 1. The topological polar surface area (TPSA) is 58.6 Å². The van der Waals surface area contributed by atoms with Crippen LogP contribution in [0.25, 0.3) is 0 Å². The molecule has 9 heteroatoms. The average molecular weight is 396 g/mol. The number of ether oxygens (including phenoxy) is 1. The molecule has 1 aliphatic rings. The lowest BCUT2D eigenvalue weighted by Crippen LogP contribution is -2.34. The molecule has 0 saturated carbocycles. The van der Waals surface area contributed by atoms with Crippen molar-refractivity contribution in [1.29, 1.82) is 0 Å². The van der Waals surface area contributed by atoms with Gasteiger partial charge in [0.2, 0.25) is 0 Å². The zero-order valence-electron chi connectivity index (χ0n) is 14.5. The summed E-state index contributed by atoms with van der Waals surface area (Å²) >= 11 is 0. The van der Waals surface area contributed by atoms with Crippen LogP contribution in [0.2, 0.25) is 0 Å². The third kappa shape index (κ3) is 4.08. The smallest absolute Gasteiger partial charge is 0.340 e. The highest BCUT2D eigenvalue weighted by atomic mass is 19.3. The van der Waals surface area contributed by atoms with Gasteiger partial charge in [0, 0.05) is 18.8 Å². The Balaban J connectivity index is 1.50. The van der Waals surface area contributed by atoms with Gasteiger partial charge in [-0.15, -0.1) is 0 Å². The number of halogens is 4. The summed E-state index contributed by atoms with van der Waals surface area (Å²) in [5.41, 5.74) is 1.33. The lowest BCUT2D eigenvalue weighted by Gasteiger charge is -2.16. The van der Waals surface area contributed by atoms with Gasteiger partial charge in [0.25, 0.3) is 11.8 Å². The summed E-state index contributed by atoms with van der Waals surface area (Å²) in [5, 5.41) is 2.99. The number of carbonyl (C=O) groups excluding carboxylic acids is 2. The number of fused-ring (bicyclic) bond motifs is 1. The first-order valence-corrected chi connectivity index (χ1v) is 8.37. The Kier molecular flexibility index (Phi) is 5.53. The fourth-order valence-corrected chi connectivity index (χ4v) is 2.67. The number of anilines is 1. The van der Waals surface area contributed by atoms with E-state index in [1.807, 2.05) is 0 Å². The quantitative estimate of drug-likeness (QED) is 0.546. The predicted molar refractivity (Wildman–Crippen MR) is 93.2 cm³/mol. The van der Waals surface area contributed by atoms with Crippen molar-refractivity contribution in [3.8, 4) is 5.75 Å². The van der Waals surface area contributed by atoms with Crippen molar-refractivity contribution < 1.29 is 31.9 Å². The molecular weight excluding hydrogens is 380 g/mol. The van der Waals surface area contributed by atoms with Crippen molar-refractivity contribution in [1.82, 2.24) is 4.90 Å². The third-order valence-electron chi connectivity index (χ3n) is 4.15. The molecule has 0 bridgehead atoms. The maximum absolute atomic E-state index is 12.8.